The first-order valence-electron chi connectivity index (χ1n) is 11.9. The molecule has 0 amide bonds. The van der Waals surface area contributed by atoms with E-state index in [0.29, 0.717) is 0 Å². The highest BCUT2D eigenvalue weighted by Gasteiger charge is 2.20. The van der Waals surface area contributed by atoms with Crippen molar-refractivity contribution in [3.8, 4) is 0 Å². The summed E-state index contributed by atoms with van der Waals surface area (Å²) in [4.78, 5) is 19.9. The Morgan fingerprint density at radius 2 is 0.833 bits per heavy atom. The summed E-state index contributed by atoms with van der Waals surface area (Å²) in [5, 5.41) is 2.16. The van der Waals surface area contributed by atoms with Crippen LogP contribution in [0.1, 0.15) is 22.3 Å². The van der Waals surface area contributed by atoms with E-state index in [2.05, 4.69) is 36.4 Å². The molecule has 0 saturated heterocycles. The zero-order valence-corrected chi connectivity index (χ0v) is 19.3. The third-order valence-electron chi connectivity index (χ3n) is 6.51. The second-order valence-corrected chi connectivity index (χ2v) is 8.79. The molecule has 0 bridgehead atoms. The minimum absolute atomic E-state index is 0.857. The van der Waals surface area contributed by atoms with Gasteiger partial charge >= 0.3 is 0 Å². The van der Waals surface area contributed by atoms with E-state index in [9.17, 15) is 0 Å². The number of rotatable bonds is 2. The number of fused-ring (bicyclic) bond motifs is 4. The molecule has 168 valence electrons. The van der Waals surface area contributed by atoms with Crippen LogP contribution in [0.2, 0.25) is 0 Å². The Hall–Kier alpha value is -4.96. The molecule has 0 atom stereocenters. The topological polar surface area (TPSA) is 50.5 Å². The molecule has 0 saturated carbocycles. The van der Waals surface area contributed by atoms with Crippen molar-refractivity contribution >= 4 is 44.6 Å². The molecule has 0 spiro atoms. The van der Waals surface area contributed by atoms with Crippen molar-refractivity contribution in [2.24, 2.45) is 9.98 Å². The van der Waals surface area contributed by atoms with E-state index in [1.165, 1.54) is 0 Å². The zero-order valence-electron chi connectivity index (χ0n) is 19.3. The maximum absolute atomic E-state index is 5.23. The van der Waals surface area contributed by atoms with E-state index >= 15 is 0 Å². The largest absolute Gasteiger partial charge is 0.256 e. The van der Waals surface area contributed by atoms with Gasteiger partial charge in [0.25, 0.3) is 0 Å². The maximum atomic E-state index is 5.23. The van der Waals surface area contributed by atoms with Crippen LogP contribution in [0.4, 0.5) is 11.4 Å². The van der Waals surface area contributed by atoms with E-state index in [-0.39, 0.29) is 0 Å². The Bertz CT molecular complexity index is 1710. The highest BCUT2D eigenvalue weighted by atomic mass is 14.8. The number of para-hydroxylation sites is 4. The minimum Gasteiger partial charge on any atom is -0.256 e. The highest BCUT2D eigenvalue weighted by molar-refractivity contribution is 6.23. The third kappa shape index (κ3) is 3.48. The van der Waals surface area contributed by atoms with Gasteiger partial charge in [0.15, 0.2) is 0 Å². The number of nitrogens with zero attached hydrogens (tertiary/aromatic N) is 4. The lowest BCUT2D eigenvalue weighted by atomic mass is 9.96. The average molecular weight is 461 g/mol. The number of aromatic nitrogens is 2. The van der Waals surface area contributed by atoms with Gasteiger partial charge in [-0.05, 0) is 36.4 Å². The summed E-state index contributed by atoms with van der Waals surface area (Å²) in [7, 11) is 0. The van der Waals surface area contributed by atoms with Gasteiger partial charge in [-0.1, -0.05) is 72.8 Å². The summed E-state index contributed by atoms with van der Waals surface area (Å²) in [5.74, 6) is 0. The smallest absolute Gasteiger partial charge is 0.0819 e. The Morgan fingerprint density at radius 3 is 1.33 bits per heavy atom. The highest BCUT2D eigenvalue weighted by Crippen LogP contribution is 2.33. The van der Waals surface area contributed by atoms with Crippen LogP contribution in [0.3, 0.4) is 0 Å². The van der Waals surface area contributed by atoms with Crippen LogP contribution in [0.5, 0.6) is 0 Å². The van der Waals surface area contributed by atoms with Crippen molar-refractivity contribution in [1.29, 1.82) is 0 Å². The first kappa shape index (κ1) is 20.4. The molecule has 4 heteroatoms. The van der Waals surface area contributed by atoms with Crippen molar-refractivity contribution in [3.63, 3.8) is 0 Å². The molecule has 3 heterocycles. The molecule has 4 nitrogen and oxygen atoms in total. The summed E-state index contributed by atoms with van der Waals surface area (Å²) < 4.78 is 0. The average Bonchev–Trinajstić information content (AvgIpc) is 2.94. The molecule has 0 unspecified atom stereocenters. The van der Waals surface area contributed by atoms with Gasteiger partial charge in [-0.25, -0.2) is 9.98 Å². The lowest BCUT2D eigenvalue weighted by Gasteiger charge is -2.18. The van der Waals surface area contributed by atoms with Crippen LogP contribution < -0.4 is 0 Å². The lowest BCUT2D eigenvalue weighted by Crippen LogP contribution is -2.10. The first-order valence-corrected chi connectivity index (χ1v) is 11.9. The van der Waals surface area contributed by atoms with Gasteiger partial charge in [0, 0.05) is 45.4 Å². The van der Waals surface area contributed by atoms with E-state index in [0.717, 1.165) is 66.9 Å². The summed E-state index contributed by atoms with van der Waals surface area (Å²) in [5.41, 5.74) is 9.22. The Labute approximate surface area is 208 Å². The standard InChI is InChI=1S/C32H20N4/c1-5-13-27-21(9-1)17-23(19-33-27)31-25-11-3-7-15-29(25)36-32(26-12-4-8-16-30(26)35-31)24-18-22-10-2-6-14-28(22)34-20-24/h1-20H. The number of aliphatic imine (C=N–C) groups is 2. The molecule has 6 aromatic rings. The van der Waals surface area contributed by atoms with Gasteiger partial charge in [0.05, 0.1) is 33.8 Å². The number of benzene rings is 4. The Balaban J connectivity index is 1.48. The third-order valence-corrected chi connectivity index (χ3v) is 6.51. The van der Waals surface area contributed by atoms with Crippen molar-refractivity contribution in [1.82, 2.24) is 9.97 Å². The number of pyridine rings is 2. The quantitative estimate of drug-likeness (QED) is 0.269. The van der Waals surface area contributed by atoms with E-state index in [1.54, 1.807) is 0 Å². The van der Waals surface area contributed by atoms with Gasteiger partial charge in [-0.2, -0.15) is 0 Å². The van der Waals surface area contributed by atoms with Crippen molar-refractivity contribution < 1.29 is 0 Å². The van der Waals surface area contributed by atoms with E-state index in [1.807, 2.05) is 85.2 Å². The van der Waals surface area contributed by atoms with Crippen LogP contribution >= 0.6 is 0 Å². The van der Waals surface area contributed by atoms with Crippen LogP contribution in [-0.4, -0.2) is 21.4 Å². The molecule has 0 fully saturated rings. The molecule has 2 aromatic heterocycles. The lowest BCUT2D eigenvalue weighted by molar-refractivity contribution is 1.35. The molecule has 0 aliphatic carbocycles. The fourth-order valence-electron chi connectivity index (χ4n) is 4.75. The van der Waals surface area contributed by atoms with E-state index in [4.69, 9.17) is 20.0 Å². The summed E-state index contributed by atoms with van der Waals surface area (Å²) >= 11 is 0. The molecule has 1 aliphatic rings. The second-order valence-electron chi connectivity index (χ2n) is 8.79. The van der Waals surface area contributed by atoms with Gasteiger partial charge in [0.1, 0.15) is 0 Å². The Kier molecular flexibility index (Phi) is 4.74. The first-order chi connectivity index (χ1) is 17.8. The van der Waals surface area contributed by atoms with Crippen LogP contribution in [0, 0.1) is 0 Å². The fourth-order valence-corrected chi connectivity index (χ4v) is 4.75. The predicted molar refractivity (Wildman–Crippen MR) is 147 cm³/mol. The summed E-state index contributed by atoms with van der Waals surface area (Å²) in [6.07, 6.45) is 3.81. The van der Waals surface area contributed by atoms with E-state index < -0.39 is 0 Å². The van der Waals surface area contributed by atoms with Gasteiger partial charge in [-0.15, -0.1) is 0 Å². The maximum Gasteiger partial charge on any atom is 0.0819 e. The predicted octanol–water partition coefficient (Wildman–Crippen LogP) is 7.43. The van der Waals surface area contributed by atoms with Gasteiger partial charge in [0.2, 0.25) is 0 Å². The van der Waals surface area contributed by atoms with Crippen molar-refractivity contribution in [2.75, 3.05) is 0 Å². The molecule has 4 aromatic carbocycles. The minimum atomic E-state index is 0.857. The molecule has 0 N–H and O–H groups in total. The van der Waals surface area contributed by atoms with Crippen molar-refractivity contribution in [3.05, 3.63) is 144 Å². The molecule has 0 radical (unpaired) electrons. The summed E-state index contributed by atoms with van der Waals surface area (Å²) in [6.45, 7) is 0. The molecular weight excluding hydrogens is 440 g/mol. The monoisotopic (exact) mass is 460 g/mol. The van der Waals surface area contributed by atoms with Crippen molar-refractivity contribution in [2.45, 2.75) is 0 Å². The Morgan fingerprint density at radius 1 is 0.417 bits per heavy atom. The van der Waals surface area contributed by atoms with Crippen LogP contribution in [0.25, 0.3) is 21.8 Å². The molecule has 7 rings (SSSR count). The number of hydrogen-bond acceptors (Lipinski definition) is 4. The van der Waals surface area contributed by atoms with Crippen LogP contribution in [0.15, 0.2) is 132 Å². The SMILES string of the molecule is c1ccc2c(c1)N=C(c1cnc3ccccc3c1)c1ccccc1N=C2c1cnc2ccccc2c1. The van der Waals surface area contributed by atoms with Crippen LogP contribution in [-0.2, 0) is 0 Å². The molecule has 1 aliphatic heterocycles. The van der Waals surface area contributed by atoms with Gasteiger partial charge in [-0.3, -0.25) is 9.97 Å². The molecule has 36 heavy (non-hydrogen) atoms. The van der Waals surface area contributed by atoms with Gasteiger partial charge < -0.3 is 0 Å². The summed E-state index contributed by atoms with van der Waals surface area (Å²) in [6, 6.07) is 36.9. The zero-order chi connectivity index (χ0) is 23.9. The molecular formula is C32H20N4. The normalized spacial score (nSPS) is 12.8. The number of hydrogen-bond donors (Lipinski definition) is 0. The fraction of sp³-hybridized carbons (Fsp3) is 0. The second kappa shape index (κ2) is 8.36.